The molecule has 0 bridgehead atoms. The fourth-order valence-corrected chi connectivity index (χ4v) is 2.86. The number of nitrogens with one attached hydrogen (secondary N) is 1. The highest BCUT2D eigenvalue weighted by Gasteiger charge is 2.14. The second-order valence-corrected chi connectivity index (χ2v) is 6.15. The minimum atomic E-state index is 0.231. The van der Waals surface area contributed by atoms with Crippen molar-refractivity contribution in [2.45, 2.75) is 37.1 Å². The molecule has 1 atom stereocenters. The van der Waals surface area contributed by atoms with Crippen molar-refractivity contribution in [3.63, 3.8) is 0 Å². The van der Waals surface area contributed by atoms with Crippen LogP contribution in [0.2, 0.25) is 5.02 Å². The van der Waals surface area contributed by atoms with Gasteiger partial charge in [0.1, 0.15) is 5.82 Å². The van der Waals surface area contributed by atoms with Gasteiger partial charge in [0.15, 0.2) is 0 Å². The van der Waals surface area contributed by atoms with Crippen LogP contribution in [0.4, 0.5) is 0 Å². The van der Waals surface area contributed by atoms with Crippen LogP contribution < -0.4 is 0 Å². The molecule has 0 amide bonds. The average molecular weight is 282 g/mol. The van der Waals surface area contributed by atoms with E-state index in [1.807, 2.05) is 24.3 Å². The van der Waals surface area contributed by atoms with Crippen molar-refractivity contribution in [2.24, 2.45) is 0 Å². The molecular weight excluding hydrogens is 266 g/mol. The fraction of sp³-hybridized carbons (Fsp3) is 0.385. The van der Waals surface area contributed by atoms with Crippen LogP contribution in [0.15, 0.2) is 29.4 Å². The molecule has 1 N–H and O–H groups in total. The van der Waals surface area contributed by atoms with E-state index >= 15 is 0 Å². The summed E-state index contributed by atoms with van der Waals surface area (Å²) >= 11 is 7.79. The van der Waals surface area contributed by atoms with E-state index in [0.29, 0.717) is 5.92 Å². The van der Waals surface area contributed by atoms with Gasteiger partial charge < -0.3 is 0 Å². The molecule has 0 aliphatic heterocycles. The zero-order valence-electron chi connectivity index (χ0n) is 10.6. The number of hydrogen-bond acceptors (Lipinski definition) is 3. The van der Waals surface area contributed by atoms with Gasteiger partial charge in [0, 0.05) is 16.2 Å². The Balaban J connectivity index is 2.11. The number of benzene rings is 1. The van der Waals surface area contributed by atoms with E-state index in [1.54, 1.807) is 11.8 Å². The van der Waals surface area contributed by atoms with Gasteiger partial charge in [-0.2, -0.15) is 0 Å². The number of rotatable bonds is 4. The summed E-state index contributed by atoms with van der Waals surface area (Å²) in [4.78, 5) is 4.46. The third-order valence-corrected chi connectivity index (χ3v) is 4.00. The Bertz CT molecular complexity index is 524. The second-order valence-electron chi connectivity index (χ2n) is 4.44. The Morgan fingerprint density at radius 1 is 1.22 bits per heavy atom. The molecule has 0 unspecified atom stereocenters. The van der Waals surface area contributed by atoms with Gasteiger partial charge in [-0.1, -0.05) is 55.4 Å². The van der Waals surface area contributed by atoms with Crippen molar-refractivity contribution in [2.75, 3.05) is 0 Å². The van der Waals surface area contributed by atoms with E-state index in [4.69, 9.17) is 11.6 Å². The minimum Gasteiger partial charge on any atom is -0.262 e. The quantitative estimate of drug-likeness (QED) is 0.843. The molecule has 0 aliphatic carbocycles. The maximum atomic E-state index is 6.18. The fourth-order valence-electron chi connectivity index (χ4n) is 1.60. The van der Waals surface area contributed by atoms with Crippen LogP contribution in [0.3, 0.4) is 0 Å². The molecule has 0 radical (unpaired) electrons. The van der Waals surface area contributed by atoms with Crippen molar-refractivity contribution in [1.82, 2.24) is 15.2 Å². The zero-order chi connectivity index (χ0) is 13.1. The maximum absolute atomic E-state index is 6.18. The van der Waals surface area contributed by atoms with Crippen LogP contribution in [0, 0.1) is 0 Å². The molecule has 1 aromatic carbocycles. The van der Waals surface area contributed by atoms with Crippen LogP contribution in [0.25, 0.3) is 0 Å². The Morgan fingerprint density at radius 2 is 1.94 bits per heavy atom. The number of thioether (sulfide) groups is 1. The van der Waals surface area contributed by atoms with Crippen molar-refractivity contribution in [3.05, 3.63) is 40.7 Å². The zero-order valence-corrected chi connectivity index (χ0v) is 12.2. The van der Waals surface area contributed by atoms with Gasteiger partial charge in [0.2, 0.25) is 5.16 Å². The van der Waals surface area contributed by atoms with Crippen LogP contribution in [-0.4, -0.2) is 15.2 Å². The number of aromatic amines is 1. The lowest BCUT2D eigenvalue weighted by atomic mass is 10.2. The highest BCUT2D eigenvalue weighted by atomic mass is 35.5. The van der Waals surface area contributed by atoms with Gasteiger partial charge in [-0.15, -0.1) is 5.10 Å². The van der Waals surface area contributed by atoms with Crippen LogP contribution in [0.1, 0.15) is 43.3 Å². The number of halogens is 1. The molecule has 18 heavy (non-hydrogen) atoms. The summed E-state index contributed by atoms with van der Waals surface area (Å²) in [7, 11) is 0. The highest BCUT2D eigenvalue weighted by molar-refractivity contribution is 7.99. The first-order valence-electron chi connectivity index (χ1n) is 5.91. The SMILES string of the molecule is CC(C)c1nc(S[C@H](C)c2ccccc2Cl)n[nH]1. The molecular formula is C13H16ClN3S. The number of H-pyrrole nitrogens is 1. The Morgan fingerprint density at radius 3 is 2.56 bits per heavy atom. The van der Waals surface area contributed by atoms with Crippen LogP contribution >= 0.6 is 23.4 Å². The van der Waals surface area contributed by atoms with Crippen molar-refractivity contribution in [3.8, 4) is 0 Å². The molecule has 1 aromatic heterocycles. The molecule has 0 fully saturated rings. The molecule has 0 spiro atoms. The van der Waals surface area contributed by atoms with Crippen molar-refractivity contribution in [1.29, 1.82) is 0 Å². The van der Waals surface area contributed by atoms with E-state index < -0.39 is 0 Å². The lowest BCUT2D eigenvalue weighted by Gasteiger charge is -2.10. The van der Waals surface area contributed by atoms with Gasteiger partial charge in [-0.25, -0.2) is 4.98 Å². The summed E-state index contributed by atoms with van der Waals surface area (Å²) in [5.41, 5.74) is 1.11. The first kappa shape index (κ1) is 13.4. The van der Waals surface area contributed by atoms with Crippen LogP contribution in [0.5, 0.6) is 0 Å². The van der Waals surface area contributed by atoms with E-state index in [-0.39, 0.29) is 5.25 Å². The summed E-state index contributed by atoms with van der Waals surface area (Å²) in [6.45, 7) is 6.29. The Labute approximate surface area is 116 Å². The molecule has 0 saturated carbocycles. The first-order chi connectivity index (χ1) is 8.58. The molecule has 0 saturated heterocycles. The Kier molecular flexibility index (Phi) is 4.30. The Hall–Kier alpha value is -1.00. The summed E-state index contributed by atoms with van der Waals surface area (Å²) in [6.07, 6.45) is 0. The standard InChI is InChI=1S/C13H16ClN3S/c1-8(2)12-15-13(17-16-12)18-9(3)10-6-4-5-7-11(10)14/h4-9H,1-3H3,(H,15,16,17)/t9-/m1/s1. The van der Waals surface area contributed by atoms with Gasteiger partial charge in [0.25, 0.3) is 0 Å². The van der Waals surface area contributed by atoms with E-state index in [1.165, 1.54) is 0 Å². The number of hydrogen-bond donors (Lipinski definition) is 1. The topological polar surface area (TPSA) is 41.6 Å². The lowest BCUT2D eigenvalue weighted by molar-refractivity contribution is 0.780. The van der Waals surface area contributed by atoms with Crippen LogP contribution in [-0.2, 0) is 0 Å². The lowest BCUT2D eigenvalue weighted by Crippen LogP contribution is -1.91. The monoisotopic (exact) mass is 281 g/mol. The third-order valence-electron chi connectivity index (χ3n) is 2.65. The van der Waals surface area contributed by atoms with Gasteiger partial charge >= 0.3 is 0 Å². The first-order valence-corrected chi connectivity index (χ1v) is 7.17. The molecule has 0 aliphatic rings. The summed E-state index contributed by atoms with van der Waals surface area (Å²) in [6, 6.07) is 7.88. The minimum absolute atomic E-state index is 0.231. The summed E-state index contributed by atoms with van der Waals surface area (Å²) in [5.74, 6) is 1.28. The summed E-state index contributed by atoms with van der Waals surface area (Å²) in [5, 5.41) is 8.97. The molecule has 5 heteroatoms. The molecule has 3 nitrogen and oxygen atoms in total. The molecule has 1 heterocycles. The van der Waals surface area contributed by atoms with Crippen molar-refractivity contribution < 1.29 is 0 Å². The third kappa shape index (κ3) is 3.06. The predicted molar refractivity (Wildman–Crippen MR) is 76.2 cm³/mol. The molecule has 2 aromatic rings. The molecule has 96 valence electrons. The summed E-state index contributed by atoms with van der Waals surface area (Å²) < 4.78 is 0. The van der Waals surface area contributed by atoms with E-state index in [0.717, 1.165) is 21.6 Å². The largest absolute Gasteiger partial charge is 0.262 e. The average Bonchev–Trinajstić information content (AvgIpc) is 2.78. The van der Waals surface area contributed by atoms with Gasteiger partial charge in [-0.05, 0) is 18.6 Å². The second kappa shape index (κ2) is 5.76. The highest BCUT2D eigenvalue weighted by Crippen LogP contribution is 2.36. The number of nitrogens with zero attached hydrogens (tertiary/aromatic N) is 2. The van der Waals surface area contributed by atoms with Crippen molar-refractivity contribution >= 4 is 23.4 Å². The van der Waals surface area contributed by atoms with Gasteiger partial charge in [-0.3, -0.25) is 5.10 Å². The van der Waals surface area contributed by atoms with E-state index in [9.17, 15) is 0 Å². The smallest absolute Gasteiger partial charge is 0.209 e. The molecule has 2 rings (SSSR count). The normalized spacial score (nSPS) is 12.9. The predicted octanol–water partition coefficient (Wildman–Crippen LogP) is 4.43. The van der Waals surface area contributed by atoms with Gasteiger partial charge in [0.05, 0.1) is 0 Å². The number of aromatic nitrogens is 3. The maximum Gasteiger partial charge on any atom is 0.209 e. The van der Waals surface area contributed by atoms with E-state index in [2.05, 4.69) is 36.0 Å².